The Bertz CT molecular complexity index is 810. The number of guanidine groups is 1. The molecule has 0 amide bonds. The van der Waals surface area contributed by atoms with Crippen molar-refractivity contribution in [3.63, 3.8) is 0 Å². The van der Waals surface area contributed by atoms with Crippen LogP contribution in [0, 0.1) is 10.1 Å². The van der Waals surface area contributed by atoms with Crippen LogP contribution in [0.4, 0.5) is 5.69 Å². The summed E-state index contributed by atoms with van der Waals surface area (Å²) in [5.74, 6) is 1.92. The number of aliphatic imine (C=N–C) groups is 1. The van der Waals surface area contributed by atoms with Gasteiger partial charge in [0.15, 0.2) is 11.7 Å². The van der Waals surface area contributed by atoms with Gasteiger partial charge in [-0.15, -0.1) is 24.0 Å². The summed E-state index contributed by atoms with van der Waals surface area (Å²) in [4.78, 5) is 14.6. The number of benzene rings is 1. The van der Waals surface area contributed by atoms with Gasteiger partial charge in [-0.3, -0.25) is 10.1 Å². The molecule has 0 saturated carbocycles. The van der Waals surface area contributed by atoms with Crippen LogP contribution < -0.4 is 15.4 Å². The number of nitro groups is 1. The third-order valence-corrected chi connectivity index (χ3v) is 3.90. The van der Waals surface area contributed by atoms with Crippen LogP contribution in [0.25, 0.3) is 0 Å². The topological polar surface area (TPSA) is 135 Å². The molecular weight excluding hydrogens is 505 g/mol. The van der Waals surface area contributed by atoms with Crippen LogP contribution in [0.5, 0.6) is 5.75 Å². The molecule has 0 aliphatic carbocycles. The van der Waals surface area contributed by atoms with E-state index in [0.717, 1.165) is 5.69 Å². The van der Waals surface area contributed by atoms with Crippen LogP contribution in [-0.4, -0.2) is 46.9 Å². The average Bonchev–Trinajstić information content (AvgIpc) is 3.18. The van der Waals surface area contributed by atoms with Crippen LogP contribution in [0.2, 0.25) is 0 Å². The number of non-ortho nitro benzene ring substituents is 1. The zero-order valence-corrected chi connectivity index (χ0v) is 19.5. The maximum absolute atomic E-state index is 10.6. The SMILES string of the molecule is CCNC(=NCc1cc(C(C)C)no1)NCC(O)COc1ccc([N+](=O)[O-])cc1.I. The predicted octanol–water partition coefficient (Wildman–Crippen LogP) is 2.82. The molecule has 1 aromatic carbocycles. The lowest BCUT2D eigenvalue weighted by Gasteiger charge is -2.15. The monoisotopic (exact) mass is 533 g/mol. The van der Waals surface area contributed by atoms with Crippen LogP contribution in [0.1, 0.15) is 38.1 Å². The number of ether oxygens (including phenoxy) is 1. The molecule has 11 heteroatoms. The van der Waals surface area contributed by atoms with Gasteiger partial charge in [0.2, 0.25) is 0 Å². The standard InChI is InChI=1S/C19H27N5O5.HI/c1-4-20-19(22-11-17-9-18(13(2)3)23-29-17)21-10-15(25)12-28-16-7-5-14(6-8-16)24(26)27;/h5-9,13,15,25H,4,10-12H2,1-3H3,(H2,20,21,22);1H. The van der Waals surface area contributed by atoms with Crippen LogP contribution in [0.3, 0.4) is 0 Å². The van der Waals surface area contributed by atoms with Crippen molar-refractivity contribution >= 4 is 35.6 Å². The Morgan fingerprint density at radius 1 is 1.33 bits per heavy atom. The Morgan fingerprint density at radius 2 is 2.03 bits per heavy atom. The quantitative estimate of drug-likeness (QED) is 0.140. The molecule has 2 aromatic rings. The summed E-state index contributed by atoms with van der Waals surface area (Å²) in [5, 5.41) is 30.9. The molecule has 0 bridgehead atoms. The first-order chi connectivity index (χ1) is 13.9. The highest BCUT2D eigenvalue weighted by Crippen LogP contribution is 2.17. The first-order valence-electron chi connectivity index (χ1n) is 9.42. The van der Waals surface area contributed by atoms with Crippen molar-refractivity contribution in [3.05, 3.63) is 51.9 Å². The molecule has 1 unspecified atom stereocenters. The lowest BCUT2D eigenvalue weighted by Crippen LogP contribution is -2.42. The fourth-order valence-corrected chi connectivity index (χ4v) is 2.30. The number of aliphatic hydroxyl groups is 1. The Labute approximate surface area is 192 Å². The van der Waals surface area contributed by atoms with Crippen LogP contribution in [-0.2, 0) is 6.54 Å². The van der Waals surface area contributed by atoms with Gasteiger partial charge in [0.1, 0.15) is 25.0 Å². The minimum absolute atomic E-state index is 0. The van der Waals surface area contributed by atoms with E-state index >= 15 is 0 Å². The number of nitrogens with one attached hydrogen (secondary N) is 2. The van der Waals surface area contributed by atoms with E-state index in [-0.39, 0.29) is 48.7 Å². The minimum Gasteiger partial charge on any atom is -0.491 e. The van der Waals surface area contributed by atoms with E-state index in [1.165, 1.54) is 24.3 Å². The number of nitrogens with zero attached hydrogens (tertiary/aromatic N) is 3. The van der Waals surface area contributed by atoms with E-state index in [0.29, 0.717) is 30.6 Å². The van der Waals surface area contributed by atoms with Crippen molar-refractivity contribution in [2.24, 2.45) is 4.99 Å². The number of hydrogen-bond acceptors (Lipinski definition) is 7. The lowest BCUT2D eigenvalue weighted by atomic mass is 10.1. The van der Waals surface area contributed by atoms with Gasteiger partial charge in [0.05, 0.1) is 10.6 Å². The second kappa shape index (κ2) is 13.0. The second-order valence-corrected chi connectivity index (χ2v) is 6.66. The molecule has 2 rings (SSSR count). The van der Waals surface area contributed by atoms with Gasteiger partial charge in [-0.05, 0) is 25.0 Å². The van der Waals surface area contributed by atoms with Gasteiger partial charge >= 0.3 is 0 Å². The van der Waals surface area contributed by atoms with Gasteiger partial charge in [-0.25, -0.2) is 4.99 Å². The summed E-state index contributed by atoms with van der Waals surface area (Å²) in [6.07, 6.45) is -0.799. The average molecular weight is 533 g/mol. The number of aliphatic hydroxyl groups excluding tert-OH is 1. The Hall–Kier alpha value is -2.41. The third-order valence-electron chi connectivity index (χ3n) is 3.90. The molecule has 0 radical (unpaired) electrons. The van der Waals surface area contributed by atoms with Crippen molar-refractivity contribution in [1.82, 2.24) is 15.8 Å². The molecule has 166 valence electrons. The second-order valence-electron chi connectivity index (χ2n) is 6.66. The van der Waals surface area contributed by atoms with Gasteiger partial charge < -0.3 is 25.0 Å². The normalized spacial score (nSPS) is 12.2. The maximum Gasteiger partial charge on any atom is 0.269 e. The first kappa shape index (κ1) is 25.6. The molecule has 1 heterocycles. The van der Waals surface area contributed by atoms with Gasteiger partial charge in [0, 0.05) is 31.3 Å². The van der Waals surface area contributed by atoms with Crippen molar-refractivity contribution in [1.29, 1.82) is 0 Å². The summed E-state index contributed by atoms with van der Waals surface area (Å²) >= 11 is 0. The zero-order chi connectivity index (χ0) is 21.2. The zero-order valence-electron chi connectivity index (χ0n) is 17.2. The molecule has 1 atom stereocenters. The molecule has 0 saturated heterocycles. The van der Waals surface area contributed by atoms with Crippen molar-refractivity contribution in [2.45, 2.75) is 39.3 Å². The minimum atomic E-state index is -0.799. The number of halogens is 1. The molecular formula is C19H28IN5O5. The van der Waals surface area contributed by atoms with E-state index in [2.05, 4.69) is 20.8 Å². The van der Waals surface area contributed by atoms with Gasteiger partial charge in [0.25, 0.3) is 5.69 Å². The largest absolute Gasteiger partial charge is 0.491 e. The van der Waals surface area contributed by atoms with Crippen LogP contribution >= 0.6 is 24.0 Å². The van der Waals surface area contributed by atoms with E-state index < -0.39 is 11.0 Å². The molecule has 1 aromatic heterocycles. The summed E-state index contributed by atoms with van der Waals surface area (Å²) in [5.41, 5.74) is 0.866. The Balaban J connectivity index is 0.00000450. The van der Waals surface area contributed by atoms with E-state index in [4.69, 9.17) is 9.26 Å². The fraction of sp³-hybridized carbons (Fsp3) is 0.474. The molecule has 3 N–H and O–H groups in total. The highest BCUT2D eigenvalue weighted by molar-refractivity contribution is 14.0. The van der Waals surface area contributed by atoms with Crippen molar-refractivity contribution < 1.29 is 19.3 Å². The molecule has 0 spiro atoms. The number of hydrogen-bond donors (Lipinski definition) is 3. The smallest absolute Gasteiger partial charge is 0.269 e. The van der Waals surface area contributed by atoms with Gasteiger partial charge in [-0.2, -0.15) is 0 Å². The molecule has 0 aliphatic rings. The van der Waals surface area contributed by atoms with Crippen molar-refractivity contribution in [2.75, 3.05) is 19.7 Å². The number of nitro benzene ring substituents is 1. The summed E-state index contributed by atoms with van der Waals surface area (Å²) in [6.45, 7) is 7.25. The number of aromatic nitrogens is 1. The van der Waals surface area contributed by atoms with Crippen LogP contribution in [0.15, 0.2) is 39.8 Å². The summed E-state index contributed by atoms with van der Waals surface area (Å²) in [7, 11) is 0. The predicted molar refractivity (Wildman–Crippen MR) is 123 cm³/mol. The Kier molecular flexibility index (Phi) is 11.1. The van der Waals surface area contributed by atoms with Crippen molar-refractivity contribution in [3.8, 4) is 5.75 Å². The molecule has 0 fully saturated rings. The van der Waals surface area contributed by atoms with E-state index in [1.807, 2.05) is 26.8 Å². The number of rotatable bonds is 10. The maximum atomic E-state index is 10.6. The fourth-order valence-electron chi connectivity index (χ4n) is 2.30. The highest BCUT2D eigenvalue weighted by atomic mass is 127. The van der Waals surface area contributed by atoms with E-state index in [9.17, 15) is 15.2 Å². The third kappa shape index (κ3) is 8.53. The Morgan fingerprint density at radius 3 is 2.60 bits per heavy atom. The highest BCUT2D eigenvalue weighted by Gasteiger charge is 2.10. The molecule has 0 aliphatic heterocycles. The lowest BCUT2D eigenvalue weighted by molar-refractivity contribution is -0.384. The molecule has 10 nitrogen and oxygen atoms in total. The summed E-state index contributed by atoms with van der Waals surface area (Å²) in [6, 6.07) is 7.57. The van der Waals surface area contributed by atoms with Gasteiger partial charge in [-0.1, -0.05) is 19.0 Å². The molecule has 30 heavy (non-hydrogen) atoms. The first-order valence-corrected chi connectivity index (χ1v) is 9.42. The summed E-state index contributed by atoms with van der Waals surface area (Å²) < 4.78 is 10.7. The van der Waals surface area contributed by atoms with E-state index in [1.54, 1.807) is 0 Å².